The molecule has 0 saturated carbocycles. The smallest absolute Gasteiger partial charge is 0.254 e. The Morgan fingerprint density at radius 2 is 1.78 bits per heavy atom. The Labute approximate surface area is 109 Å². The van der Waals surface area contributed by atoms with E-state index in [0.29, 0.717) is 0 Å². The number of benzene rings is 1. The lowest BCUT2D eigenvalue weighted by Crippen LogP contribution is -2.36. The fourth-order valence-corrected chi connectivity index (χ4v) is 2.52. The normalized spacial score (nSPS) is 15.6. The molecule has 0 N–H and O–H groups in total. The molecular weight excluding hydrogens is 226 g/mol. The molecule has 1 amide bonds. The highest BCUT2D eigenvalue weighted by Crippen LogP contribution is 2.25. The molecule has 3 heteroatoms. The predicted molar refractivity (Wildman–Crippen MR) is 72.2 cm³/mol. The van der Waals surface area contributed by atoms with E-state index in [9.17, 15) is 4.79 Å². The Balaban J connectivity index is 2.27. The van der Waals surface area contributed by atoms with Crippen LogP contribution >= 0.6 is 0 Å². The van der Waals surface area contributed by atoms with E-state index >= 15 is 0 Å². The van der Waals surface area contributed by atoms with Crippen molar-refractivity contribution in [3.63, 3.8) is 0 Å². The van der Waals surface area contributed by atoms with E-state index < -0.39 is 0 Å². The quantitative estimate of drug-likeness (QED) is 0.804. The first-order valence-electron chi connectivity index (χ1n) is 6.58. The van der Waals surface area contributed by atoms with Gasteiger partial charge in [-0.3, -0.25) is 4.79 Å². The van der Waals surface area contributed by atoms with Gasteiger partial charge < -0.3 is 9.64 Å². The number of ether oxygens (including phenoxy) is 1. The van der Waals surface area contributed by atoms with Gasteiger partial charge in [0.25, 0.3) is 5.91 Å². The van der Waals surface area contributed by atoms with Crippen LogP contribution in [0.15, 0.2) is 12.1 Å². The lowest BCUT2D eigenvalue weighted by atomic mass is 10.0. The predicted octanol–water partition coefficient (Wildman–Crippen LogP) is 2.94. The fourth-order valence-electron chi connectivity index (χ4n) is 2.52. The summed E-state index contributed by atoms with van der Waals surface area (Å²) in [5.41, 5.74) is 2.90. The maximum atomic E-state index is 12.5. The molecule has 1 aromatic carbocycles. The number of rotatable bonds is 2. The standard InChI is InChI=1S/C15H21NO2/c1-11-12(2)14(18-3)8-7-13(11)15(17)16-9-5-4-6-10-16/h7-8H,4-6,9-10H2,1-3H3. The zero-order valence-corrected chi connectivity index (χ0v) is 11.5. The highest BCUT2D eigenvalue weighted by molar-refractivity contribution is 5.96. The second kappa shape index (κ2) is 5.42. The molecule has 0 unspecified atom stereocenters. The molecule has 3 nitrogen and oxygen atoms in total. The van der Waals surface area contributed by atoms with E-state index in [4.69, 9.17) is 4.74 Å². The van der Waals surface area contributed by atoms with E-state index in [-0.39, 0.29) is 5.91 Å². The van der Waals surface area contributed by atoms with Crippen LogP contribution in [0.25, 0.3) is 0 Å². The van der Waals surface area contributed by atoms with Crippen LogP contribution in [0.1, 0.15) is 40.7 Å². The van der Waals surface area contributed by atoms with Crippen molar-refractivity contribution >= 4 is 5.91 Å². The van der Waals surface area contributed by atoms with Crippen LogP contribution < -0.4 is 4.74 Å². The summed E-state index contributed by atoms with van der Waals surface area (Å²) in [6.45, 7) is 5.78. The van der Waals surface area contributed by atoms with Crippen LogP contribution in [-0.4, -0.2) is 31.0 Å². The number of amides is 1. The molecule has 98 valence electrons. The molecule has 18 heavy (non-hydrogen) atoms. The van der Waals surface area contributed by atoms with Gasteiger partial charge in [-0.1, -0.05) is 0 Å². The number of methoxy groups -OCH3 is 1. The fraction of sp³-hybridized carbons (Fsp3) is 0.533. The molecule has 0 radical (unpaired) electrons. The van der Waals surface area contributed by atoms with Gasteiger partial charge in [0.05, 0.1) is 7.11 Å². The minimum atomic E-state index is 0.165. The van der Waals surface area contributed by atoms with Gasteiger partial charge in [-0.25, -0.2) is 0 Å². The van der Waals surface area contributed by atoms with Crippen molar-refractivity contribution in [2.75, 3.05) is 20.2 Å². The summed E-state index contributed by atoms with van der Waals surface area (Å²) in [5, 5.41) is 0. The molecule has 1 aromatic rings. The number of likely N-dealkylation sites (tertiary alicyclic amines) is 1. The molecule has 1 aliphatic heterocycles. The van der Waals surface area contributed by atoms with E-state index in [1.807, 2.05) is 30.9 Å². The van der Waals surface area contributed by atoms with Crippen LogP contribution in [-0.2, 0) is 0 Å². The summed E-state index contributed by atoms with van der Waals surface area (Å²) < 4.78 is 5.28. The first-order valence-corrected chi connectivity index (χ1v) is 6.58. The van der Waals surface area contributed by atoms with Gasteiger partial charge in [-0.2, -0.15) is 0 Å². The minimum Gasteiger partial charge on any atom is -0.496 e. The zero-order chi connectivity index (χ0) is 13.1. The third-order valence-corrected chi connectivity index (χ3v) is 3.83. The number of hydrogen-bond acceptors (Lipinski definition) is 2. The molecule has 0 bridgehead atoms. The van der Waals surface area contributed by atoms with E-state index in [1.165, 1.54) is 6.42 Å². The Kier molecular flexibility index (Phi) is 3.90. The maximum Gasteiger partial charge on any atom is 0.254 e. The van der Waals surface area contributed by atoms with Gasteiger partial charge in [-0.05, 0) is 56.4 Å². The molecule has 0 aromatic heterocycles. The van der Waals surface area contributed by atoms with Gasteiger partial charge in [0.15, 0.2) is 0 Å². The van der Waals surface area contributed by atoms with Crippen molar-refractivity contribution in [1.82, 2.24) is 4.90 Å². The summed E-state index contributed by atoms with van der Waals surface area (Å²) in [6, 6.07) is 3.78. The van der Waals surface area contributed by atoms with Crippen molar-refractivity contribution in [3.05, 3.63) is 28.8 Å². The number of carbonyl (C=O) groups is 1. The monoisotopic (exact) mass is 247 g/mol. The molecule has 1 saturated heterocycles. The SMILES string of the molecule is COc1ccc(C(=O)N2CCCCC2)c(C)c1C. The number of piperidine rings is 1. The Hall–Kier alpha value is -1.51. The molecular formula is C15H21NO2. The van der Waals surface area contributed by atoms with E-state index in [1.54, 1.807) is 7.11 Å². The van der Waals surface area contributed by atoms with Gasteiger partial charge in [-0.15, -0.1) is 0 Å². The van der Waals surface area contributed by atoms with Gasteiger partial charge in [0.1, 0.15) is 5.75 Å². The zero-order valence-electron chi connectivity index (χ0n) is 11.5. The second-order valence-corrected chi connectivity index (χ2v) is 4.92. The van der Waals surface area contributed by atoms with E-state index in [2.05, 4.69) is 0 Å². The number of carbonyl (C=O) groups excluding carboxylic acids is 1. The van der Waals surface area contributed by atoms with Crippen molar-refractivity contribution in [2.24, 2.45) is 0 Å². The minimum absolute atomic E-state index is 0.165. The van der Waals surface area contributed by atoms with Crippen LogP contribution in [0.2, 0.25) is 0 Å². The Morgan fingerprint density at radius 3 is 2.39 bits per heavy atom. The number of hydrogen-bond donors (Lipinski definition) is 0. The summed E-state index contributed by atoms with van der Waals surface area (Å²) in [5.74, 6) is 1.01. The number of nitrogens with zero attached hydrogens (tertiary/aromatic N) is 1. The van der Waals surface area contributed by atoms with Crippen LogP contribution in [0.3, 0.4) is 0 Å². The maximum absolute atomic E-state index is 12.5. The van der Waals surface area contributed by atoms with E-state index in [0.717, 1.165) is 48.4 Å². The first kappa shape index (κ1) is 12.9. The van der Waals surface area contributed by atoms with Crippen molar-refractivity contribution in [1.29, 1.82) is 0 Å². The van der Waals surface area contributed by atoms with Crippen LogP contribution in [0.5, 0.6) is 5.75 Å². The summed E-state index contributed by atoms with van der Waals surface area (Å²) in [4.78, 5) is 14.4. The highest BCUT2D eigenvalue weighted by atomic mass is 16.5. The first-order chi connectivity index (χ1) is 8.65. The van der Waals surface area contributed by atoms with Crippen molar-refractivity contribution in [2.45, 2.75) is 33.1 Å². The molecule has 0 aliphatic carbocycles. The highest BCUT2D eigenvalue weighted by Gasteiger charge is 2.20. The van der Waals surface area contributed by atoms with Crippen LogP contribution in [0, 0.1) is 13.8 Å². The molecule has 0 spiro atoms. The lowest BCUT2D eigenvalue weighted by Gasteiger charge is -2.27. The van der Waals surface area contributed by atoms with Crippen molar-refractivity contribution < 1.29 is 9.53 Å². The third kappa shape index (κ3) is 2.35. The third-order valence-electron chi connectivity index (χ3n) is 3.83. The lowest BCUT2D eigenvalue weighted by molar-refractivity contribution is 0.0723. The van der Waals surface area contributed by atoms with Gasteiger partial charge in [0, 0.05) is 18.7 Å². The Morgan fingerprint density at radius 1 is 1.11 bits per heavy atom. The largest absolute Gasteiger partial charge is 0.496 e. The molecule has 0 atom stereocenters. The van der Waals surface area contributed by atoms with Gasteiger partial charge in [0.2, 0.25) is 0 Å². The van der Waals surface area contributed by atoms with Crippen LogP contribution in [0.4, 0.5) is 0 Å². The molecule has 1 aliphatic rings. The topological polar surface area (TPSA) is 29.5 Å². The Bertz CT molecular complexity index is 448. The summed E-state index contributed by atoms with van der Waals surface area (Å²) in [6.07, 6.45) is 3.49. The molecule has 1 fully saturated rings. The summed E-state index contributed by atoms with van der Waals surface area (Å²) >= 11 is 0. The average Bonchev–Trinajstić information content (AvgIpc) is 2.42. The van der Waals surface area contributed by atoms with Crippen molar-refractivity contribution in [3.8, 4) is 5.75 Å². The summed E-state index contributed by atoms with van der Waals surface area (Å²) in [7, 11) is 1.66. The average molecular weight is 247 g/mol. The molecule has 1 heterocycles. The second-order valence-electron chi connectivity index (χ2n) is 4.92. The molecule has 2 rings (SSSR count). The van der Waals surface area contributed by atoms with Gasteiger partial charge >= 0.3 is 0 Å².